The number of nitrogens with zero attached hydrogens (tertiary/aromatic N) is 1. The van der Waals surface area contributed by atoms with E-state index in [0.29, 0.717) is 0 Å². The Morgan fingerprint density at radius 3 is 2.17 bits per heavy atom. The Kier molecular flexibility index (Phi) is 5.66. The van der Waals surface area contributed by atoms with Gasteiger partial charge in [0.1, 0.15) is 0 Å². The van der Waals surface area contributed by atoms with Crippen molar-refractivity contribution >= 4 is 5.91 Å². The first kappa shape index (κ1) is 11.4. The molecule has 4 nitrogen and oxygen atoms in total. The van der Waals surface area contributed by atoms with Gasteiger partial charge in [0, 0.05) is 0 Å². The van der Waals surface area contributed by atoms with Crippen molar-refractivity contribution in [3.05, 3.63) is 0 Å². The molecule has 0 saturated heterocycles. The topological polar surface area (TPSA) is 58.4 Å². The number of likely N-dealkylation sites (N-methyl/N-ethyl adjacent to an activating group) is 1. The lowest BCUT2D eigenvalue weighted by atomic mass is 10.2. The van der Waals surface area contributed by atoms with E-state index in [1.165, 1.54) is 0 Å². The van der Waals surface area contributed by atoms with Crippen molar-refractivity contribution in [2.45, 2.75) is 33.2 Å². The molecule has 4 heteroatoms. The van der Waals surface area contributed by atoms with Gasteiger partial charge in [-0.1, -0.05) is 20.8 Å². The molecule has 0 radical (unpaired) electrons. The molecule has 1 atom stereocenters. The molecule has 1 amide bonds. The number of rotatable bonds is 5. The number of nitrogens with two attached hydrogens (primary N) is 1. The van der Waals surface area contributed by atoms with Gasteiger partial charge in [0.15, 0.2) is 0 Å². The molecule has 12 heavy (non-hydrogen) atoms. The van der Waals surface area contributed by atoms with Gasteiger partial charge >= 0.3 is 0 Å². The van der Waals surface area contributed by atoms with Gasteiger partial charge in [-0.3, -0.25) is 15.1 Å². The molecule has 0 unspecified atom stereocenters. The fourth-order valence-corrected chi connectivity index (χ4v) is 1.37. The summed E-state index contributed by atoms with van der Waals surface area (Å²) in [6.07, 6.45) is 0.796. The van der Waals surface area contributed by atoms with Gasteiger partial charge < -0.3 is 0 Å². The summed E-state index contributed by atoms with van der Waals surface area (Å²) in [5.74, 6) is 4.97. The van der Waals surface area contributed by atoms with Crippen molar-refractivity contribution in [2.24, 2.45) is 5.84 Å². The predicted octanol–water partition coefficient (Wildman–Crippen LogP) is 0.0967. The predicted molar refractivity (Wildman–Crippen MR) is 49.3 cm³/mol. The first-order chi connectivity index (χ1) is 5.71. The highest BCUT2D eigenvalue weighted by molar-refractivity contribution is 5.81. The summed E-state index contributed by atoms with van der Waals surface area (Å²) in [5, 5.41) is 0. The van der Waals surface area contributed by atoms with Crippen LogP contribution in [0.15, 0.2) is 0 Å². The minimum atomic E-state index is -0.0961. The van der Waals surface area contributed by atoms with Gasteiger partial charge in [-0.2, -0.15) is 0 Å². The Bertz CT molecular complexity index is 134. The van der Waals surface area contributed by atoms with Crippen LogP contribution in [0.1, 0.15) is 27.2 Å². The van der Waals surface area contributed by atoms with Gasteiger partial charge in [0.25, 0.3) is 5.91 Å². The van der Waals surface area contributed by atoms with Gasteiger partial charge in [-0.25, -0.2) is 5.84 Å². The average molecular weight is 173 g/mol. The molecule has 0 aromatic rings. The molecular formula is C8H19N3O. The summed E-state index contributed by atoms with van der Waals surface area (Å²) >= 11 is 0. The third-order valence-corrected chi connectivity index (χ3v) is 2.08. The highest BCUT2D eigenvalue weighted by atomic mass is 16.2. The summed E-state index contributed by atoms with van der Waals surface area (Å²) in [4.78, 5) is 13.3. The van der Waals surface area contributed by atoms with Crippen molar-refractivity contribution in [1.82, 2.24) is 10.3 Å². The third kappa shape index (κ3) is 2.79. The molecule has 0 aromatic carbocycles. The van der Waals surface area contributed by atoms with Gasteiger partial charge in [-0.15, -0.1) is 0 Å². The molecular weight excluding hydrogens is 154 g/mol. The van der Waals surface area contributed by atoms with Crippen molar-refractivity contribution < 1.29 is 4.79 Å². The van der Waals surface area contributed by atoms with E-state index in [1.54, 1.807) is 0 Å². The van der Waals surface area contributed by atoms with Crippen molar-refractivity contribution in [3.63, 3.8) is 0 Å². The van der Waals surface area contributed by atoms with Crippen LogP contribution in [-0.4, -0.2) is 29.9 Å². The van der Waals surface area contributed by atoms with E-state index in [1.807, 2.05) is 20.8 Å². The Balaban J connectivity index is 4.19. The van der Waals surface area contributed by atoms with E-state index in [0.717, 1.165) is 19.5 Å². The molecule has 0 rings (SSSR count). The zero-order valence-electron chi connectivity index (χ0n) is 8.13. The standard InChI is InChI=1S/C8H19N3O/c1-4-7(8(12)10-9)11(5-2)6-3/h7H,4-6,9H2,1-3H3,(H,10,12)/t7-/m0/s1. The highest BCUT2D eigenvalue weighted by Gasteiger charge is 2.20. The van der Waals surface area contributed by atoms with E-state index < -0.39 is 0 Å². The zero-order valence-corrected chi connectivity index (χ0v) is 8.13. The smallest absolute Gasteiger partial charge is 0.251 e. The zero-order chi connectivity index (χ0) is 9.56. The van der Waals surface area contributed by atoms with E-state index in [4.69, 9.17) is 5.84 Å². The van der Waals surface area contributed by atoms with E-state index in [9.17, 15) is 4.79 Å². The molecule has 0 aromatic heterocycles. The lowest BCUT2D eigenvalue weighted by Gasteiger charge is -2.26. The lowest BCUT2D eigenvalue weighted by Crippen LogP contribution is -2.48. The lowest BCUT2D eigenvalue weighted by molar-refractivity contribution is -0.126. The van der Waals surface area contributed by atoms with Gasteiger partial charge in [0.05, 0.1) is 6.04 Å². The van der Waals surface area contributed by atoms with Crippen LogP contribution in [0, 0.1) is 0 Å². The monoisotopic (exact) mass is 173 g/mol. The Morgan fingerprint density at radius 1 is 1.42 bits per heavy atom. The Hall–Kier alpha value is -0.610. The molecule has 0 heterocycles. The highest BCUT2D eigenvalue weighted by Crippen LogP contribution is 2.02. The van der Waals surface area contributed by atoms with E-state index in [-0.39, 0.29) is 11.9 Å². The second kappa shape index (κ2) is 5.97. The number of amides is 1. The van der Waals surface area contributed by atoms with Crippen molar-refractivity contribution in [2.75, 3.05) is 13.1 Å². The maximum Gasteiger partial charge on any atom is 0.251 e. The Labute approximate surface area is 74.1 Å². The van der Waals surface area contributed by atoms with Gasteiger partial charge in [0.2, 0.25) is 0 Å². The molecule has 0 spiro atoms. The number of hydrazine groups is 1. The first-order valence-electron chi connectivity index (χ1n) is 4.45. The summed E-state index contributed by atoms with van der Waals surface area (Å²) in [6.45, 7) is 7.81. The quantitative estimate of drug-likeness (QED) is 0.352. The number of carbonyl (C=O) groups is 1. The van der Waals surface area contributed by atoms with Crippen LogP contribution < -0.4 is 11.3 Å². The maximum absolute atomic E-state index is 11.2. The normalized spacial score (nSPS) is 13.1. The number of hydrogen-bond donors (Lipinski definition) is 2. The molecule has 0 aliphatic rings. The van der Waals surface area contributed by atoms with Crippen LogP contribution in [0.4, 0.5) is 0 Å². The fourth-order valence-electron chi connectivity index (χ4n) is 1.37. The second-order valence-electron chi connectivity index (χ2n) is 2.65. The van der Waals surface area contributed by atoms with Crippen molar-refractivity contribution in [1.29, 1.82) is 0 Å². The third-order valence-electron chi connectivity index (χ3n) is 2.08. The number of carbonyl (C=O) groups excluding carboxylic acids is 1. The maximum atomic E-state index is 11.2. The Morgan fingerprint density at radius 2 is 1.92 bits per heavy atom. The molecule has 0 bridgehead atoms. The average Bonchev–Trinajstić information content (AvgIpc) is 2.12. The number of nitrogens with one attached hydrogen (secondary N) is 1. The first-order valence-corrected chi connectivity index (χ1v) is 4.45. The molecule has 0 saturated carbocycles. The van der Waals surface area contributed by atoms with Crippen LogP contribution in [0.25, 0.3) is 0 Å². The van der Waals surface area contributed by atoms with E-state index in [2.05, 4.69) is 10.3 Å². The summed E-state index contributed by atoms with van der Waals surface area (Å²) in [5.41, 5.74) is 2.18. The van der Waals surface area contributed by atoms with Crippen LogP contribution in [0.5, 0.6) is 0 Å². The molecule has 0 aliphatic heterocycles. The summed E-state index contributed by atoms with van der Waals surface area (Å²) in [7, 11) is 0. The van der Waals surface area contributed by atoms with Crippen LogP contribution in [0.3, 0.4) is 0 Å². The van der Waals surface area contributed by atoms with Crippen LogP contribution in [0.2, 0.25) is 0 Å². The molecule has 0 fully saturated rings. The fraction of sp³-hybridized carbons (Fsp3) is 0.875. The van der Waals surface area contributed by atoms with Crippen molar-refractivity contribution in [3.8, 4) is 0 Å². The summed E-state index contributed by atoms with van der Waals surface area (Å²) in [6, 6.07) is -0.0787. The molecule has 72 valence electrons. The molecule has 3 N–H and O–H groups in total. The van der Waals surface area contributed by atoms with E-state index >= 15 is 0 Å². The minimum Gasteiger partial charge on any atom is -0.293 e. The largest absolute Gasteiger partial charge is 0.293 e. The van der Waals surface area contributed by atoms with Crippen LogP contribution >= 0.6 is 0 Å². The summed E-state index contributed by atoms with van der Waals surface area (Å²) < 4.78 is 0. The second-order valence-corrected chi connectivity index (χ2v) is 2.65. The van der Waals surface area contributed by atoms with Crippen LogP contribution in [-0.2, 0) is 4.79 Å². The van der Waals surface area contributed by atoms with Gasteiger partial charge in [-0.05, 0) is 19.5 Å². The molecule has 0 aliphatic carbocycles. The minimum absolute atomic E-state index is 0.0787. The SMILES string of the molecule is CC[C@@H](C(=O)NN)N(CC)CC. The number of hydrogen-bond acceptors (Lipinski definition) is 3.